The van der Waals surface area contributed by atoms with Crippen molar-refractivity contribution in [3.8, 4) is 11.6 Å². The summed E-state index contributed by atoms with van der Waals surface area (Å²) in [6, 6.07) is 5.95. The lowest BCUT2D eigenvalue weighted by atomic mass is 10.2. The third-order valence-corrected chi connectivity index (χ3v) is 3.34. The van der Waals surface area contributed by atoms with Crippen molar-refractivity contribution in [2.75, 3.05) is 0 Å². The molecule has 2 aromatic rings. The van der Waals surface area contributed by atoms with E-state index >= 15 is 0 Å². The number of carbonyl (C=O) groups is 1. The second kappa shape index (κ2) is 6.25. The first-order valence-corrected chi connectivity index (χ1v) is 7.26. The van der Waals surface area contributed by atoms with Gasteiger partial charge in [-0.15, -0.1) is 0 Å². The van der Waals surface area contributed by atoms with Gasteiger partial charge in [0.2, 0.25) is 5.88 Å². The number of ether oxygens (including phenoxy) is 1. The van der Waals surface area contributed by atoms with Crippen LogP contribution >= 0.6 is 22.6 Å². The van der Waals surface area contributed by atoms with Crippen LogP contribution in [0.3, 0.4) is 0 Å². The van der Waals surface area contributed by atoms with Crippen molar-refractivity contribution < 1.29 is 14.6 Å². The van der Waals surface area contributed by atoms with E-state index in [4.69, 9.17) is 4.74 Å². The molecule has 0 bridgehead atoms. The van der Waals surface area contributed by atoms with E-state index in [0.29, 0.717) is 5.82 Å². The molecule has 2 rings (SSSR count). The SMILES string of the molecule is CC(C)c1nc(Oc2ccc(I)cc2C(=O)O)cc(=O)[nH]1. The zero-order chi connectivity index (χ0) is 15.6. The minimum atomic E-state index is -1.10. The number of hydrogen-bond acceptors (Lipinski definition) is 4. The van der Waals surface area contributed by atoms with Gasteiger partial charge in [-0.3, -0.25) is 4.79 Å². The van der Waals surface area contributed by atoms with Gasteiger partial charge in [-0.2, -0.15) is 4.98 Å². The minimum absolute atomic E-state index is 0.0232. The summed E-state index contributed by atoms with van der Waals surface area (Å²) in [6.07, 6.45) is 0. The topological polar surface area (TPSA) is 92.3 Å². The molecule has 0 aliphatic heterocycles. The molecule has 6 nitrogen and oxygen atoms in total. The molecule has 0 atom stereocenters. The molecule has 7 heteroatoms. The van der Waals surface area contributed by atoms with Crippen LogP contribution in [-0.2, 0) is 0 Å². The third kappa shape index (κ3) is 3.81. The number of halogens is 1. The second-order valence-corrected chi connectivity index (χ2v) is 5.92. The van der Waals surface area contributed by atoms with Crippen LogP contribution in [0, 0.1) is 3.57 Å². The summed E-state index contributed by atoms with van der Waals surface area (Å²) in [6.45, 7) is 3.77. The van der Waals surface area contributed by atoms with Crippen LogP contribution < -0.4 is 10.3 Å². The first kappa shape index (κ1) is 15.5. The Morgan fingerprint density at radius 3 is 2.71 bits per heavy atom. The lowest BCUT2D eigenvalue weighted by molar-refractivity contribution is 0.0694. The largest absolute Gasteiger partial charge is 0.478 e. The molecule has 21 heavy (non-hydrogen) atoms. The first-order chi connectivity index (χ1) is 9.86. The molecule has 0 saturated carbocycles. The van der Waals surface area contributed by atoms with E-state index in [1.54, 1.807) is 12.1 Å². The second-order valence-electron chi connectivity index (χ2n) is 4.67. The lowest BCUT2D eigenvalue weighted by Gasteiger charge is -2.10. The van der Waals surface area contributed by atoms with Gasteiger partial charge in [0, 0.05) is 9.49 Å². The number of aromatic carboxylic acids is 1. The minimum Gasteiger partial charge on any atom is -0.478 e. The van der Waals surface area contributed by atoms with Crippen molar-refractivity contribution in [1.29, 1.82) is 0 Å². The molecule has 110 valence electrons. The summed E-state index contributed by atoms with van der Waals surface area (Å²) in [5, 5.41) is 9.19. The number of nitrogens with one attached hydrogen (secondary N) is 1. The van der Waals surface area contributed by atoms with Crippen LogP contribution in [0.15, 0.2) is 29.1 Å². The maximum absolute atomic E-state index is 11.6. The predicted octanol–water partition coefficient (Wildman–Crippen LogP) is 2.99. The van der Waals surface area contributed by atoms with Gasteiger partial charge in [0.15, 0.2) is 0 Å². The molecule has 2 N–H and O–H groups in total. The highest BCUT2D eigenvalue weighted by molar-refractivity contribution is 14.1. The predicted molar refractivity (Wildman–Crippen MR) is 85.1 cm³/mol. The Labute approximate surface area is 134 Å². The van der Waals surface area contributed by atoms with Gasteiger partial charge in [0.05, 0.1) is 6.07 Å². The summed E-state index contributed by atoms with van der Waals surface area (Å²) in [4.78, 5) is 29.6. The summed E-state index contributed by atoms with van der Waals surface area (Å²) in [5.41, 5.74) is -0.318. The molecule has 1 aromatic heterocycles. The average molecular weight is 400 g/mol. The van der Waals surface area contributed by atoms with Crippen molar-refractivity contribution >= 4 is 28.6 Å². The van der Waals surface area contributed by atoms with Crippen LogP contribution in [-0.4, -0.2) is 21.0 Å². The van der Waals surface area contributed by atoms with Gasteiger partial charge in [-0.05, 0) is 40.8 Å². The molecular formula is C14H13IN2O4. The molecule has 0 unspecified atom stereocenters. The normalized spacial score (nSPS) is 10.7. The van der Waals surface area contributed by atoms with E-state index in [9.17, 15) is 14.7 Å². The summed E-state index contributed by atoms with van der Waals surface area (Å²) in [7, 11) is 0. The zero-order valence-electron chi connectivity index (χ0n) is 11.4. The fraction of sp³-hybridized carbons (Fsp3) is 0.214. The molecule has 1 aromatic carbocycles. The first-order valence-electron chi connectivity index (χ1n) is 6.19. The van der Waals surface area contributed by atoms with Crippen LogP contribution in [0.5, 0.6) is 11.6 Å². The lowest BCUT2D eigenvalue weighted by Crippen LogP contribution is -2.12. The van der Waals surface area contributed by atoms with E-state index < -0.39 is 5.97 Å². The Morgan fingerprint density at radius 2 is 2.10 bits per heavy atom. The number of H-pyrrole nitrogens is 1. The molecule has 1 heterocycles. The van der Waals surface area contributed by atoms with Gasteiger partial charge in [-0.25, -0.2) is 4.79 Å². The number of rotatable bonds is 4. The standard InChI is InChI=1S/C14H13IN2O4/c1-7(2)13-16-11(18)6-12(17-13)21-10-4-3-8(15)5-9(10)14(19)20/h3-7H,1-2H3,(H,19,20)(H,16,17,18). The highest BCUT2D eigenvalue weighted by Crippen LogP contribution is 2.26. The molecule has 0 aliphatic carbocycles. The molecule has 0 spiro atoms. The Bertz CT molecular complexity index is 740. The van der Waals surface area contributed by atoms with E-state index in [1.807, 2.05) is 36.4 Å². The molecule has 0 radical (unpaired) electrons. The van der Waals surface area contributed by atoms with Crippen LogP contribution in [0.25, 0.3) is 0 Å². The maximum atomic E-state index is 11.6. The number of aromatic amines is 1. The third-order valence-electron chi connectivity index (χ3n) is 2.67. The van der Waals surface area contributed by atoms with Crippen LogP contribution in [0.1, 0.15) is 35.9 Å². The summed E-state index contributed by atoms with van der Waals surface area (Å²) < 4.78 is 6.26. The highest BCUT2D eigenvalue weighted by atomic mass is 127. The fourth-order valence-electron chi connectivity index (χ4n) is 1.65. The smallest absolute Gasteiger partial charge is 0.339 e. The number of benzene rings is 1. The van der Waals surface area contributed by atoms with Gasteiger partial charge in [0.25, 0.3) is 5.56 Å². The molecule has 0 aliphatic rings. The van der Waals surface area contributed by atoms with E-state index in [2.05, 4.69) is 9.97 Å². The number of aromatic nitrogens is 2. The van der Waals surface area contributed by atoms with Gasteiger partial charge >= 0.3 is 5.97 Å². The molecular weight excluding hydrogens is 387 g/mol. The number of nitrogens with zero attached hydrogens (tertiary/aromatic N) is 1. The number of carboxylic acid groups (broad SMARTS) is 1. The Hall–Kier alpha value is -1.90. The van der Waals surface area contributed by atoms with E-state index in [1.165, 1.54) is 12.1 Å². The molecule has 0 saturated heterocycles. The van der Waals surface area contributed by atoms with Crippen molar-refractivity contribution in [3.05, 3.63) is 49.6 Å². The average Bonchev–Trinajstić information content (AvgIpc) is 2.40. The molecule has 0 fully saturated rings. The van der Waals surface area contributed by atoms with Crippen molar-refractivity contribution in [3.63, 3.8) is 0 Å². The van der Waals surface area contributed by atoms with Crippen LogP contribution in [0.4, 0.5) is 0 Å². The highest BCUT2D eigenvalue weighted by Gasteiger charge is 2.14. The number of hydrogen-bond donors (Lipinski definition) is 2. The monoisotopic (exact) mass is 400 g/mol. The van der Waals surface area contributed by atoms with Gasteiger partial charge < -0.3 is 14.8 Å². The number of carboxylic acids is 1. The van der Waals surface area contributed by atoms with Crippen molar-refractivity contribution in [2.45, 2.75) is 19.8 Å². The van der Waals surface area contributed by atoms with Gasteiger partial charge in [0.1, 0.15) is 17.1 Å². The van der Waals surface area contributed by atoms with Crippen LogP contribution in [0.2, 0.25) is 0 Å². The van der Waals surface area contributed by atoms with Crippen molar-refractivity contribution in [1.82, 2.24) is 9.97 Å². The Kier molecular flexibility index (Phi) is 4.61. The maximum Gasteiger partial charge on any atom is 0.339 e. The summed E-state index contributed by atoms with van der Waals surface area (Å²) in [5.74, 6) is -0.365. The fourth-order valence-corrected chi connectivity index (χ4v) is 2.14. The van der Waals surface area contributed by atoms with E-state index in [-0.39, 0.29) is 28.7 Å². The quantitative estimate of drug-likeness (QED) is 0.770. The van der Waals surface area contributed by atoms with Crippen molar-refractivity contribution in [2.24, 2.45) is 0 Å². The Balaban J connectivity index is 2.43. The summed E-state index contributed by atoms with van der Waals surface area (Å²) >= 11 is 2.02. The Morgan fingerprint density at radius 1 is 1.38 bits per heavy atom. The zero-order valence-corrected chi connectivity index (χ0v) is 13.5. The van der Waals surface area contributed by atoms with E-state index in [0.717, 1.165) is 3.57 Å². The van der Waals surface area contributed by atoms with Gasteiger partial charge in [-0.1, -0.05) is 13.8 Å². The molecule has 0 amide bonds.